The first-order valence-corrected chi connectivity index (χ1v) is 8.93. The van der Waals surface area contributed by atoms with E-state index < -0.39 is 0 Å². The first-order chi connectivity index (χ1) is 10.3. The van der Waals surface area contributed by atoms with Crippen LogP contribution in [0.15, 0.2) is 42.5 Å². The van der Waals surface area contributed by atoms with E-state index in [0.29, 0.717) is 6.04 Å². The van der Waals surface area contributed by atoms with E-state index in [4.69, 9.17) is 0 Å². The third kappa shape index (κ3) is 3.67. The van der Waals surface area contributed by atoms with Crippen LogP contribution in [0.5, 0.6) is 0 Å². The fourth-order valence-corrected chi connectivity index (χ4v) is 3.58. The average Bonchev–Trinajstić information content (AvgIpc) is 2.96. The van der Waals surface area contributed by atoms with Crippen molar-refractivity contribution in [1.82, 2.24) is 5.32 Å². The summed E-state index contributed by atoms with van der Waals surface area (Å²) >= 11 is 2.36. The molecule has 0 spiro atoms. The van der Waals surface area contributed by atoms with Gasteiger partial charge < -0.3 is 5.32 Å². The van der Waals surface area contributed by atoms with E-state index in [2.05, 4.69) is 77.3 Å². The standard InChI is InChI=1S/C19H22IN/c1-2-21-19(12-14-6-10-18(20)11-7-14)17-9-8-15-4-3-5-16(15)13-17/h6-11,13,19,21H,2-5,12H2,1H3. The highest BCUT2D eigenvalue weighted by atomic mass is 127. The van der Waals surface area contributed by atoms with Gasteiger partial charge in [0, 0.05) is 9.61 Å². The van der Waals surface area contributed by atoms with Crippen molar-refractivity contribution < 1.29 is 0 Å². The second-order valence-corrected chi connectivity index (χ2v) is 7.07. The minimum absolute atomic E-state index is 0.418. The van der Waals surface area contributed by atoms with Crippen molar-refractivity contribution in [3.05, 3.63) is 68.3 Å². The van der Waals surface area contributed by atoms with Crippen LogP contribution in [-0.4, -0.2) is 6.54 Å². The Hall–Kier alpha value is -0.870. The van der Waals surface area contributed by atoms with E-state index >= 15 is 0 Å². The highest BCUT2D eigenvalue weighted by molar-refractivity contribution is 14.1. The van der Waals surface area contributed by atoms with Gasteiger partial charge in [0.25, 0.3) is 0 Å². The summed E-state index contributed by atoms with van der Waals surface area (Å²) < 4.78 is 1.30. The molecule has 2 aromatic rings. The van der Waals surface area contributed by atoms with Gasteiger partial charge in [0.15, 0.2) is 0 Å². The Bertz CT molecular complexity index is 603. The summed E-state index contributed by atoms with van der Waals surface area (Å²) in [6.45, 7) is 3.19. The quantitative estimate of drug-likeness (QED) is 0.731. The van der Waals surface area contributed by atoms with Gasteiger partial charge in [-0.25, -0.2) is 0 Å². The molecule has 1 aliphatic carbocycles. The first-order valence-electron chi connectivity index (χ1n) is 7.86. The molecular weight excluding hydrogens is 369 g/mol. The van der Waals surface area contributed by atoms with Crippen molar-refractivity contribution in [1.29, 1.82) is 0 Å². The van der Waals surface area contributed by atoms with Crippen molar-refractivity contribution >= 4 is 22.6 Å². The zero-order valence-electron chi connectivity index (χ0n) is 12.5. The Labute approximate surface area is 141 Å². The Morgan fingerprint density at radius 2 is 1.81 bits per heavy atom. The van der Waals surface area contributed by atoms with E-state index in [1.807, 2.05) is 0 Å². The van der Waals surface area contributed by atoms with Crippen LogP contribution < -0.4 is 5.32 Å². The predicted octanol–water partition coefficient (Wildman–Crippen LogP) is 4.67. The molecule has 21 heavy (non-hydrogen) atoms. The molecule has 1 nitrogen and oxygen atoms in total. The fraction of sp³-hybridized carbons (Fsp3) is 0.368. The summed E-state index contributed by atoms with van der Waals surface area (Å²) in [7, 11) is 0. The minimum atomic E-state index is 0.418. The summed E-state index contributed by atoms with van der Waals surface area (Å²) in [4.78, 5) is 0. The third-order valence-corrected chi connectivity index (χ3v) is 5.05. The molecule has 1 atom stereocenters. The molecule has 0 saturated heterocycles. The molecule has 2 aromatic carbocycles. The smallest absolute Gasteiger partial charge is 0.0360 e. The molecule has 0 aliphatic heterocycles. The lowest BCUT2D eigenvalue weighted by molar-refractivity contribution is 0.549. The summed E-state index contributed by atoms with van der Waals surface area (Å²) in [5, 5.41) is 3.65. The van der Waals surface area contributed by atoms with Crippen molar-refractivity contribution in [2.75, 3.05) is 6.54 Å². The van der Waals surface area contributed by atoms with Crippen LogP contribution in [0.1, 0.15) is 41.6 Å². The lowest BCUT2D eigenvalue weighted by Crippen LogP contribution is -2.23. The topological polar surface area (TPSA) is 12.0 Å². The molecule has 0 radical (unpaired) electrons. The van der Waals surface area contributed by atoms with E-state index in [-0.39, 0.29) is 0 Å². The molecule has 0 fully saturated rings. The second kappa shape index (κ2) is 6.93. The van der Waals surface area contributed by atoms with Crippen LogP contribution in [0, 0.1) is 3.57 Å². The van der Waals surface area contributed by atoms with Crippen LogP contribution in [0.3, 0.4) is 0 Å². The maximum atomic E-state index is 3.65. The van der Waals surface area contributed by atoms with E-state index in [1.165, 1.54) is 34.0 Å². The molecule has 0 bridgehead atoms. The molecule has 1 aliphatic rings. The monoisotopic (exact) mass is 391 g/mol. The van der Waals surface area contributed by atoms with Gasteiger partial charge in [-0.3, -0.25) is 0 Å². The number of fused-ring (bicyclic) bond motifs is 1. The number of nitrogens with one attached hydrogen (secondary N) is 1. The second-order valence-electron chi connectivity index (χ2n) is 5.82. The van der Waals surface area contributed by atoms with Crippen LogP contribution in [0.4, 0.5) is 0 Å². The number of hydrogen-bond donors (Lipinski definition) is 1. The van der Waals surface area contributed by atoms with Gasteiger partial charge in [0.2, 0.25) is 0 Å². The van der Waals surface area contributed by atoms with Gasteiger partial charge in [-0.1, -0.05) is 37.3 Å². The highest BCUT2D eigenvalue weighted by Gasteiger charge is 2.16. The largest absolute Gasteiger partial charge is 0.310 e. The van der Waals surface area contributed by atoms with Gasteiger partial charge in [0.1, 0.15) is 0 Å². The number of likely N-dealkylation sites (N-methyl/N-ethyl adjacent to an activating group) is 1. The van der Waals surface area contributed by atoms with Crippen LogP contribution in [0.25, 0.3) is 0 Å². The maximum Gasteiger partial charge on any atom is 0.0360 e. The number of benzene rings is 2. The van der Waals surface area contributed by atoms with Crippen LogP contribution in [-0.2, 0) is 19.3 Å². The first kappa shape index (κ1) is 15.0. The molecule has 1 N–H and O–H groups in total. The van der Waals surface area contributed by atoms with Gasteiger partial charge in [0.05, 0.1) is 0 Å². The molecular formula is C19H22IN. The predicted molar refractivity (Wildman–Crippen MR) is 97.7 cm³/mol. The molecule has 0 amide bonds. The number of hydrogen-bond acceptors (Lipinski definition) is 1. The molecule has 1 unspecified atom stereocenters. The SMILES string of the molecule is CCNC(Cc1ccc(I)cc1)c1ccc2c(c1)CCC2. The summed E-state index contributed by atoms with van der Waals surface area (Å²) in [6, 6.07) is 16.4. The molecule has 110 valence electrons. The summed E-state index contributed by atoms with van der Waals surface area (Å²) in [5.74, 6) is 0. The third-order valence-electron chi connectivity index (χ3n) is 4.33. The lowest BCUT2D eigenvalue weighted by atomic mass is 9.96. The van der Waals surface area contributed by atoms with Crippen molar-refractivity contribution in [3.63, 3.8) is 0 Å². The van der Waals surface area contributed by atoms with E-state index in [9.17, 15) is 0 Å². The average molecular weight is 391 g/mol. The Balaban J connectivity index is 1.82. The highest BCUT2D eigenvalue weighted by Crippen LogP contribution is 2.27. The van der Waals surface area contributed by atoms with Gasteiger partial charge in [-0.2, -0.15) is 0 Å². The molecule has 0 heterocycles. The zero-order valence-corrected chi connectivity index (χ0v) is 14.7. The van der Waals surface area contributed by atoms with Gasteiger partial charge >= 0.3 is 0 Å². The number of rotatable bonds is 5. The Kier molecular flexibility index (Phi) is 4.96. The minimum Gasteiger partial charge on any atom is -0.310 e. The summed E-state index contributed by atoms with van der Waals surface area (Å²) in [5.41, 5.74) is 5.97. The van der Waals surface area contributed by atoms with Crippen molar-refractivity contribution in [2.24, 2.45) is 0 Å². The molecule has 3 rings (SSSR count). The summed E-state index contributed by atoms with van der Waals surface area (Å²) in [6.07, 6.45) is 4.90. The van der Waals surface area contributed by atoms with Gasteiger partial charge in [-0.15, -0.1) is 0 Å². The number of aryl methyl sites for hydroxylation is 2. The van der Waals surface area contributed by atoms with Crippen molar-refractivity contribution in [2.45, 2.75) is 38.6 Å². The van der Waals surface area contributed by atoms with E-state index in [0.717, 1.165) is 13.0 Å². The Morgan fingerprint density at radius 1 is 1.05 bits per heavy atom. The van der Waals surface area contributed by atoms with Gasteiger partial charge in [-0.05, 0) is 89.2 Å². The zero-order chi connectivity index (χ0) is 14.7. The molecule has 0 aromatic heterocycles. The maximum absolute atomic E-state index is 3.65. The normalized spacial score (nSPS) is 15.0. The molecule has 2 heteroatoms. The van der Waals surface area contributed by atoms with E-state index in [1.54, 1.807) is 11.1 Å². The molecule has 0 saturated carbocycles. The van der Waals surface area contributed by atoms with Crippen LogP contribution in [0.2, 0.25) is 0 Å². The number of halogens is 1. The Morgan fingerprint density at radius 3 is 2.57 bits per heavy atom. The fourth-order valence-electron chi connectivity index (χ4n) is 3.22. The van der Waals surface area contributed by atoms with Crippen molar-refractivity contribution in [3.8, 4) is 0 Å². The van der Waals surface area contributed by atoms with Crippen LogP contribution >= 0.6 is 22.6 Å². The lowest BCUT2D eigenvalue weighted by Gasteiger charge is -2.19.